The fourth-order valence-corrected chi connectivity index (χ4v) is 5.63. The number of hydrogen-bond donors (Lipinski definition) is 1. The van der Waals surface area contributed by atoms with Crippen LogP contribution in [0.15, 0.2) is 52.9 Å². The molecule has 0 bridgehead atoms. The highest BCUT2D eigenvalue weighted by Gasteiger charge is 2.42. The monoisotopic (exact) mass is 518 g/mol. The Morgan fingerprint density at radius 3 is 2.39 bits per heavy atom. The van der Waals surface area contributed by atoms with Crippen LogP contribution in [0.5, 0.6) is 0 Å². The van der Waals surface area contributed by atoms with Crippen molar-refractivity contribution in [3.05, 3.63) is 70.2 Å². The molecule has 11 heteroatoms. The van der Waals surface area contributed by atoms with Gasteiger partial charge in [-0.15, -0.1) is 10.2 Å². The number of nitrogens with zero attached hydrogens (tertiary/aromatic N) is 3. The minimum atomic E-state index is -0.932. The number of fused-ring (bicyclic) bond motifs is 1. The number of carbonyl (C=O) groups excluding carboxylic acids is 3. The van der Waals surface area contributed by atoms with Gasteiger partial charge in [-0.25, -0.2) is 0 Å². The SMILES string of the molecule is CSCC[C@H](C(=O)Nc1nnc(SCc2ccc(Cl)cc2)s1)N1C(=O)c2ccccc2C1=O. The summed E-state index contributed by atoms with van der Waals surface area (Å²) in [6.45, 7) is 0. The smallest absolute Gasteiger partial charge is 0.262 e. The molecular formula is C22H19ClN4O3S3. The highest BCUT2D eigenvalue weighted by atomic mass is 35.5. The molecule has 2 heterocycles. The van der Waals surface area contributed by atoms with E-state index in [2.05, 4.69) is 15.5 Å². The third-order valence-corrected chi connectivity index (χ3v) is 7.89. The molecule has 1 aromatic heterocycles. The summed E-state index contributed by atoms with van der Waals surface area (Å²) < 4.78 is 0.696. The number of halogens is 1. The van der Waals surface area contributed by atoms with Gasteiger partial charge >= 0.3 is 0 Å². The van der Waals surface area contributed by atoms with E-state index in [4.69, 9.17) is 11.6 Å². The van der Waals surface area contributed by atoms with Crippen LogP contribution in [0.3, 0.4) is 0 Å². The molecule has 2 aromatic carbocycles. The van der Waals surface area contributed by atoms with Crippen LogP contribution in [0, 0.1) is 0 Å². The van der Waals surface area contributed by atoms with E-state index < -0.39 is 23.8 Å². The summed E-state index contributed by atoms with van der Waals surface area (Å²) in [5.41, 5.74) is 1.73. The third kappa shape index (κ3) is 5.40. The number of carbonyl (C=O) groups is 3. The van der Waals surface area contributed by atoms with Crippen molar-refractivity contribution in [3.8, 4) is 0 Å². The minimum absolute atomic E-state index is 0.321. The van der Waals surface area contributed by atoms with Crippen LogP contribution >= 0.6 is 46.5 Å². The molecule has 0 unspecified atom stereocenters. The minimum Gasteiger partial charge on any atom is -0.299 e. The van der Waals surface area contributed by atoms with Crippen LogP contribution in [0.1, 0.15) is 32.7 Å². The predicted octanol–water partition coefficient (Wildman–Crippen LogP) is 4.84. The quantitative estimate of drug-likeness (QED) is 0.246. The van der Waals surface area contributed by atoms with Gasteiger partial charge in [0.05, 0.1) is 11.1 Å². The Kier molecular flexibility index (Phi) is 7.69. The Labute approximate surface area is 208 Å². The first-order chi connectivity index (χ1) is 16.0. The largest absolute Gasteiger partial charge is 0.299 e. The zero-order valence-corrected chi connectivity index (χ0v) is 20.7. The summed E-state index contributed by atoms with van der Waals surface area (Å²) in [5, 5.41) is 11.9. The summed E-state index contributed by atoms with van der Waals surface area (Å²) in [6, 6.07) is 13.2. The van der Waals surface area contributed by atoms with Crippen molar-refractivity contribution < 1.29 is 14.4 Å². The topological polar surface area (TPSA) is 92.3 Å². The zero-order valence-electron chi connectivity index (χ0n) is 17.5. The van der Waals surface area contributed by atoms with Crippen LogP contribution in [-0.4, -0.2) is 50.9 Å². The fourth-order valence-electron chi connectivity index (χ4n) is 3.33. The van der Waals surface area contributed by atoms with Gasteiger partial charge in [-0.05, 0) is 48.3 Å². The molecular weight excluding hydrogens is 500 g/mol. The van der Waals surface area contributed by atoms with Crippen molar-refractivity contribution >= 4 is 69.3 Å². The van der Waals surface area contributed by atoms with Crippen molar-refractivity contribution in [2.24, 2.45) is 0 Å². The first-order valence-electron chi connectivity index (χ1n) is 9.95. The molecule has 0 fully saturated rings. The highest BCUT2D eigenvalue weighted by molar-refractivity contribution is 8.00. The Hall–Kier alpha value is -2.40. The molecule has 33 heavy (non-hydrogen) atoms. The molecule has 7 nitrogen and oxygen atoms in total. The molecule has 0 saturated heterocycles. The second-order valence-corrected chi connectivity index (χ2v) is 10.7. The normalized spacial score (nSPS) is 13.8. The highest BCUT2D eigenvalue weighted by Crippen LogP contribution is 2.30. The molecule has 0 saturated carbocycles. The number of hydrogen-bond acceptors (Lipinski definition) is 8. The number of anilines is 1. The van der Waals surface area contributed by atoms with E-state index >= 15 is 0 Å². The van der Waals surface area contributed by atoms with E-state index in [1.807, 2.05) is 30.5 Å². The molecule has 1 aliphatic heterocycles. The van der Waals surface area contributed by atoms with Crippen molar-refractivity contribution in [3.63, 3.8) is 0 Å². The summed E-state index contributed by atoms with van der Waals surface area (Å²) >= 11 is 10.2. The maximum atomic E-state index is 13.1. The maximum absolute atomic E-state index is 13.1. The average Bonchev–Trinajstić information content (AvgIpc) is 3.37. The molecule has 0 spiro atoms. The Bertz CT molecular complexity index is 1150. The van der Waals surface area contributed by atoms with E-state index in [1.165, 1.54) is 23.1 Å². The summed E-state index contributed by atoms with van der Waals surface area (Å²) in [6.07, 6.45) is 2.25. The second kappa shape index (κ2) is 10.7. The molecule has 3 amide bonds. The van der Waals surface area contributed by atoms with Gasteiger partial charge in [0.2, 0.25) is 11.0 Å². The van der Waals surface area contributed by atoms with Gasteiger partial charge in [0.25, 0.3) is 11.8 Å². The Morgan fingerprint density at radius 1 is 1.09 bits per heavy atom. The lowest BCUT2D eigenvalue weighted by Crippen LogP contribution is -2.47. The molecule has 170 valence electrons. The summed E-state index contributed by atoms with van der Waals surface area (Å²) in [5.74, 6) is -0.0554. The van der Waals surface area contributed by atoms with Crippen molar-refractivity contribution in [2.45, 2.75) is 22.6 Å². The van der Waals surface area contributed by atoms with E-state index in [1.54, 1.807) is 36.0 Å². The molecule has 0 radical (unpaired) electrons. The Balaban J connectivity index is 1.44. The average molecular weight is 519 g/mol. The van der Waals surface area contributed by atoms with Gasteiger partial charge in [-0.1, -0.05) is 59.0 Å². The molecule has 4 rings (SSSR count). The number of imide groups is 1. The molecule has 0 aliphatic carbocycles. The fraction of sp³-hybridized carbons (Fsp3) is 0.227. The van der Waals surface area contributed by atoms with Gasteiger partial charge in [0.1, 0.15) is 6.04 Å². The molecule has 1 N–H and O–H groups in total. The van der Waals surface area contributed by atoms with E-state index in [0.717, 1.165) is 10.5 Å². The lowest BCUT2D eigenvalue weighted by Gasteiger charge is -2.24. The molecule has 3 aromatic rings. The van der Waals surface area contributed by atoms with E-state index in [0.29, 0.717) is 43.5 Å². The predicted molar refractivity (Wildman–Crippen MR) is 133 cm³/mol. The zero-order chi connectivity index (χ0) is 23.4. The second-order valence-electron chi connectivity index (χ2n) is 7.10. The maximum Gasteiger partial charge on any atom is 0.262 e. The first-order valence-corrected chi connectivity index (χ1v) is 13.5. The van der Waals surface area contributed by atoms with Gasteiger partial charge < -0.3 is 0 Å². The first kappa shape index (κ1) is 23.7. The van der Waals surface area contributed by atoms with Gasteiger partial charge in [-0.2, -0.15) is 11.8 Å². The molecule has 1 aliphatic rings. The van der Waals surface area contributed by atoms with Crippen LogP contribution < -0.4 is 5.32 Å². The number of benzene rings is 2. The number of aromatic nitrogens is 2. The van der Waals surface area contributed by atoms with E-state index in [-0.39, 0.29) is 0 Å². The lowest BCUT2D eigenvalue weighted by atomic mass is 10.1. The third-order valence-electron chi connectivity index (χ3n) is 4.95. The van der Waals surface area contributed by atoms with Crippen LogP contribution in [0.4, 0.5) is 5.13 Å². The van der Waals surface area contributed by atoms with E-state index in [9.17, 15) is 14.4 Å². The number of nitrogens with one attached hydrogen (secondary N) is 1. The number of thioether (sulfide) groups is 2. The van der Waals surface area contributed by atoms with Crippen molar-refractivity contribution in [1.29, 1.82) is 0 Å². The lowest BCUT2D eigenvalue weighted by molar-refractivity contribution is -0.120. The van der Waals surface area contributed by atoms with Crippen molar-refractivity contribution in [2.75, 3.05) is 17.3 Å². The summed E-state index contributed by atoms with van der Waals surface area (Å²) in [7, 11) is 0. The van der Waals surface area contributed by atoms with Crippen LogP contribution in [-0.2, 0) is 10.5 Å². The van der Waals surface area contributed by atoms with Gasteiger partial charge in [0, 0.05) is 10.8 Å². The summed E-state index contributed by atoms with van der Waals surface area (Å²) in [4.78, 5) is 40.0. The number of amides is 3. The molecule has 1 atom stereocenters. The van der Waals surface area contributed by atoms with Gasteiger partial charge in [-0.3, -0.25) is 24.6 Å². The standard InChI is InChI=1S/C22H19ClN4O3S3/c1-31-11-10-17(27-19(29)15-4-2-3-5-16(15)20(27)30)18(28)24-21-25-26-22(33-21)32-12-13-6-8-14(23)9-7-13/h2-9,17H,10-12H2,1H3,(H,24,25,28)/t17-/m1/s1. The van der Waals surface area contributed by atoms with Crippen LogP contribution in [0.2, 0.25) is 5.02 Å². The Morgan fingerprint density at radius 2 is 1.76 bits per heavy atom. The number of rotatable bonds is 9. The van der Waals surface area contributed by atoms with Crippen LogP contribution in [0.25, 0.3) is 0 Å². The van der Waals surface area contributed by atoms with Gasteiger partial charge in [0.15, 0.2) is 4.34 Å². The van der Waals surface area contributed by atoms with Crippen molar-refractivity contribution in [1.82, 2.24) is 15.1 Å².